The zero-order chi connectivity index (χ0) is 15.4. The number of aromatic nitrogens is 1. The first-order valence-electron chi connectivity index (χ1n) is 6.48. The number of halogens is 2. The minimum absolute atomic E-state index is 0.314. The molecule has 0 spiro atoms. The second-order valence-corrected chi connectivity index (χ2v) is 5.35. The van der Waals surface area contributed by atoms with Crippen molar-refractivity contribution in [2.24, 2.45) is 0 Å². The van der Waals surface area contributed by atoms with E-state index in [2.05, 4.69) is 31.5 Å². The van der Waals surface area contributed by atoms with Crippen molar-refractivity contribution in [2.75, 3.05) is 17.2 Å². The fourth-order valence-corrected chi connectivity index (χ4v) is 2.20. The van der Waals surface area contributed by atoms with E-state index in [1.54, 1.807) is 18.2 Å². The Kier molecular flexibility index (Phi) is 4.90. The summed E-state index contributed by atoms with van der Waals surface area (Å²) >= 11 is 3.28. The molecule has 0 bridgehead atoms. The molecule has 1 heterocycles. The lowest BCUT2D eigenvalue weighted by atomic mass is 10.2. The Morgan fingerprint density at radius 1 is 1.33 bits per heavy atom. The molecule has 0 saturated carbocycles. The highest BCUT2D eigenvalue weighted by Crippen LogP contribution is 2.24. The van der Waals surface area contributed by atoms with E-state index in [-0.39, 0.29) is 5.91 Å². The first-order chi connectivity index (χ1) is 9.99. The molecule has 2 rings (SSSR count). The van der Waals surface area contributed by atoms with Gasteiger partial charge in [-0.1, -0.05) is 0 Å². The van der Waals surface area contributed by atoms with Crippen molar-refractivity contribution in [3.63, 3.8) is 0 Å². The van der Waals surface area contributed by atoms with Crippen molar-refractivity contribution in [3.8, 4) is 0 Å². The maximum absolute atomic E-state index is 13.2. The van der Waals surface area contributed by atoms with Gasteiger partial charge in [0.05, 0.1) is 5.69 Å². The molecule has 0 atom stereocenters. The smallest absolute Gasteiger partial charge is 0.255 e. The topological polar surface area (TPSA) is 54.0 Å². The van der Waals surface area contributed by atoms with Crippen LogP contribution in [0.5, 0.6) is 0 Å². The van der Waals surface area contributed by atoms with Crippen LogP contribution in [-0.2, 0) is 0 Å². The van der Waals surface area contributed by atoms with Crippen LogP contribution in [-0.4, -0.2) is 17.4 Å². The lowest BCUT2D eigenvalue weighted by molar-refractivity contribution is 0.102. The van der Waals surface area contributed by atoms with Crippen LogP contribution in [0.2, 0.25) is 0 Å². The highest BCUT2D eigenvalue weighted by Gasteiger charge is 2.11. The molecule has 1 aromatic heterocycles. The summed E-state index contributed by atoms with van der Waals surface area (Å²) in [6.45, 7) is 4.48. The summed E-state index contributed by atoms with van der Waals surface area (Å²) in [6.07, 6.45) is 0. The summed E-state index contributed by atoms with van der Waals surface area (Å²) in [5, 5.41) is 5.75. The number of hydrogen-bond acceptors (Lipinski definition) is 3. The van der Waals surface area contributed by atoms with E-state index in [4.69, 9.17) is 0 Å². The minimum atomic E-state index is -0.409. The van der Waals surface area contributed by atoms with E-state index < -0.39 is 5.82 Å². The van der Waals surface area contributed by atoms with Gasteiger partial charge in [0.25, 0.3) is 5.91 Å². The third-order valence-corrected chi connectivity index (χ3v) is 3.44. The molecule has 0 unspecified atom stereocenters. The third kappa shape index (κ3) is 4.01. The van der Waals surface area contributed by atoms with Crippen LogP contribution in [0.25, 0.3) is 0 Å². The fraction of sp³-hybridized carbons (Fsp3) is 0.200. The number of rotatable bonds is 4. The Hall–Kier alpha value is -1.95. The first-order valence-corrected chi connectivity index (χ1v) is 7.28. The van der Waals surface area contributed by atoms with Crippen LogP contribution >= 0.6 is 15.9 Å². The maximum Gasteiger partial charge on any atom is 0.255 e. The number of hydrogen-bond donors (Lipinski definition) is 2. The van der Waals surface area contributed by atoms with Crippen molar-refractivity contribution in [1.82, 2.24) is 4.98 Å². The molecular formula is C15H15BrFN3O. The number of pyridine rings is 1. The summed E-state index contributed by atoms with van der Waals surface area (Å²) in [7, 11) is 0. The van der Waals surface area contributed by atoms with E-state index >= 15 is 0 Å². The normalized spacial score (nSPS) is 10.3. The number of aryl methyl sites for hydroxylation is 1. The average Bonchev–Trinajstić information content (AvgIpc) is 2.42. The lowest BCUT2D eigenvalue weighted by Crippen LogP contribution is -2.14. The molecule has 0 aliphatic carbocycles. The summed E-state index contributed by atoms with van der Waals surface area (Å²) < 4.78 is 13.9. The molecule has 0 aliphatic rings. The van der Waals surface area contributed by atoms with Gasteiger partial charge in [0.1, 0.15) is 11.6 Å². The number of nitrogens with zero attached hydrogens (tertiary/aromatic N) is 1. The van der Waals surface area contributed by atoms with Gasteiger partial charge in [-0.05, 0) is 60.1 Å². The van der Waals surface area contributed by atoms with Crippen molar-refractivity contribution in [2.45, 2.75) is 13.8 Å². The maximum atomic E-state index is 13.2. The number of carbonyl (C=O) groups excluding carboxylic acids is 1. The molecule has 0 fully saturated rings. The van der Waals surface area contributed by atoms with Crippen LogP contribution in [0.4, 0.5) is 15.9 Å². The summed E-state index contributed by atoms with van der Waals surface area (Å²) in [5.74, 6) is -0.0836. The highest BCUT2D eigenvalue weighted by atomic mass is 79.9. The van der Waals surface area contributed by atoms with E-state index in [1.165, 1.54) is 12.1 Å². The molecule has 0 aliphatic heterocycles. The third-order valence-electron chi connectivity index (χ3n) is 2.75. The van der Waals surface area contributed by atoms with E-state index in [0.717, 1.165) is 5.69 Å². The average molecular weight is 352 g/mol. The minimum Gasteiger partial charge on any atom is -0.370 e. The zero-order valence-electron chi connectivity index (χ0n) is 11.7. The number of benzene rings is 1. The number of amides is 1. The quantitative estimate of drug-likeness (QED) is 0.875. The number of nitrogens with one attached hydrogen (secondary N) is 2. The Morgan fingerprint density at radius 3 is 2.81 bits per heavy atom. The van der Waals surface area contributed by atoms with Gasteiger partial charge in [0, 0.05) is 22.3 Å². The number of carbonyl (C=O) groups is 1. The Labute approximate surface area is 130 Å². The first kappa shape index (κ1) is 15.4. The Bertz CT molecular complexity index is 676. The van der Waals surface area contributed by atoms with Crippen molar-refractivity contribution in [1.29, 1.82) is 0 Å². The molecule has 1 aromatic carbocycles. The van der Waals surface area contributed by atoms with Crippen LogP contribution in [0.3, 0.4) is 0 Å². The molecular weight excluding hydrogens is 337 g/mol. The van der Waals surface area contributed by atoms with Crippen molar-refractivity contribution in [3.05, 3.63) is 51.9 Å². The van der Waals surface area contributed by atoms with Crippen molar-refractivity contribution >= 4 is 33.3 Å². The number of anilines is 2. The molecule has 2 aromatic rings. The zero-order valence-corrected chi connectivity index (χ0v) is 13.3. The van der Waals surface area contributed by atoms with Gasteiger partial charge in [-0.25, -0.2) is 9.37 Å². The molecule has 0 radical (unpaired) electrons. The van der Waals surface area contributed by atoms with Crippen LogP contribution < -0.4 is 10.6 Å². The van der Waals surface area contributed by atoms with E-state index in [0.29, 0.717) is 28.1 Å². The van der Waals surface area contributed by atoms with E-state index in [1.807, 2.05) is 13.8 Å². The van der Waals surface area contributed by atoms with Gasteiger partial charge < -0.3 is 10.6 Å². The van der Waals surface area contributed by atoms with Crippen molar-refractivity contribution < 1.29 is 9.18 Å². The highest BCUT2D eigenvalue weighted by molar-refractivity contribution is 9.10. The van der Waals surface area contributed by atoms with E-state index in [9.17, 15) is 9.18 Å². The van der Waals surface area contributed by atoms with Gasteiger partial charge in [-0.2, -0.15) is 0 Å². The SMILES string of the molecule is CCNc1cc(C(=O)Nc2cc(F)ccc2Br)cc(C)n1. The summed E-state index contributed by atoms with van der Waals surface area (Å²) in [5.41, 5.74) is 1.59. The fourth-order valence-electron chi connectivity index (χ4n) is 1.86. The Balaban J connectivity index is 2.25. The van der Waals surface area contributed by atoms with Gasteiger partial charge in [-0.15, -0.1) is 0 Å². The molecule has 110 valence electrons. The van der Waals surface area contributed by atoms with Crippen LogP contribution in [0.1, 0.15) is 23.0 Å². The second-order valence-electron chi connectivity index (χ2n) is 4.49. The lowest BCUT2D eigenvalue weighted by Gasteiger charge is -2.10. The van der Waals surface area contributed by atoms with Gasteiger partial charge in [0.15, 0.2) is 0 Å². The Morgan fingerprint density at radius 2 is 2.10 bits per heavy atom. The predicted octanol–water partition coefficient (Wildman–Crippen LogP) is 3.98. The van der Waals surface area contributed by atoms with Crippen LogP contribution in [0, 0.1) is 12.7 Å². The molecule has 4 nitrogen and oxygen atoms in total. The molecule has 2 N–H and O–H groups in total. The summed E-state index contributed by atoms with van der Waals surface area (Å²) in [6, 6.07) is 7.48. The van der Waals surface area contributed by atoms with Gasteiger partial charge in [0.2, 0.25) is 0 Å². The van der Waals surface area contributed by atoms with Gasteiger partial charge >= 0.3 is 0 Å². The predicted molar refractivity (Wildman–Crippen MR) is 85.2 cm³/mol. The molecule has 21 heavy (non-hydrogen) atoms. The second kappa shape index (κ2) is 6.67. The van der Waals surface area contributed by atoms with Gasteiger partial charge in [-0.3, -0.25) is 4.79 Å². The molecule has 0 saturated heterocycles. The largest absolute Gasteiger partial charge is 0.370 e. The molecule has 6 heteroatoms. The monoisotopic (exact) mass is 351 g/mol. The van der Waals surface area contributed by atoms with Crippen LogP contribution in [0.15, 0.2) is 34.8 Å². The standard InChI is InChI=1S/C15H15BrFN3O/c1-3-18-14-7-10(6-9(2)19-14)15(21)20-13-8-11(17)4-5-12(13)16/h4-8H,3H2,1-2H3,(H,18,19)(H,20,21). The molecule has 1 amide bonds. The summed E-state index contributed by atoms with van der Waals surface area (Å²) in [4.78, 5) is 16.6.